The van der Waals surface area contributed by atoms with Crippen LogP contribution in [0.3, 0.4) is 0 Å². The lowest BCUT2D eigenvalue weighted by Crippen LogP contribution is -2.30. The Labute approximate surface area is 89.3 Å². The van der Waals surface area contributed by atoms with Crippen molar-refractivity contribution in [3.05, 3.63) is 35.9 Å². The Morgan fingerprint density at radius 1 is 1.27 bits per heavy atom. The summed E-state index contributed by atoms with van der Waals surface area (Å²) in [6, 6.07) is 8.78. The predicted octanol–water partition coefficient (Wildman–Crippen LogP) is 1.77. The molecule has 0 saturated heterocycles. The van der Waals surface area contributed by atoms with E-state index in [1.54, 1.807) is 24.3 Å². The van der Waals surface area contributed by atoms with Gasteiger partial charge in [0.05, 0.1) is 0 Å². The lowest BCUT2D eigenvalue weighted by molar-refractivity contribution is -0.120. The number of carbonyl (C=O) groups is 2. The largest absolute Gasteiger partial charge is 0.369 e. The minimum atomic E-state index is -0.683. The molecule has 0 heterocycles. The zero-order chi connectivity index (χ0) is 11.3. The summed E-state index contributed by atoms with van der Waals surface area (Å²) in [7, 11) is 0. The van der Waals surface area contributed by atoms with Crippen molar-refractivity contribution < 1.29 is 9.59 Å². The van der Waals surface area contributed by atoms with E-state index in [-0.39, 0.29) is 5.78 Å². The normalized spacial score (nSPS) is 12.1. The molecular formula is C12H15NO2. The van der Waals surface area contributed by atoms with Gasteiger partial charge in [-0.15, -0.1) is 0 Å². The minimum absolute atomic E-state index is 0.176. The minimum Gasteiger partial charge on any atom is -0.369 e. The van der Waals surface area contributed by atoms with Crippen LogP contribution in [0.15, 0.2) is 30.3 Å². The molecule has 0 aliphatic heterocycles. The summed E-state index contributed by atoms with van der Waals surface area (Å²) in [5.74, 6) is -1.40. The molecule has 0 fully saturated rings. The first-order chi connectivity index (χ1) is 7.16. The maximum atomic E-state index is 11.9. The second-order valence-electron chi connectivity index (χ2n) is 3.47. The van der Waals surface area contributed by atoms with Gasteiger partial charge in [0.15, 0.2) is 5.78 Å². The third-order valence-electron chi connectivity index (χ3n) is 2.30. The maximum absolute atomic E-state index is 11.9. The van der Waals surface area contributed by atoms with Crippen LogP contribution in [0, 0.1) is 5.92 Å². The molecule has 0 bridgehead atoms. The Morgan fingerprint density at radius 3 is 2.33 bits per heavy atom. The molecule has 1 amide bonds. The molecule has 0 unspecified atom stereocenters. The van der Waals surface area contributed by atoms with Gasteiger partial charge in [0.25, 0.3) is 0 Å². The van der Waals surface area contributed by atoms with Crippen LogP contribution in [0.1, 0.15) is 30.1 Å². The summed E-state index contributed by atoms with van der Waals surface area (Å²) in [6.45, 7) is 1.92. The van der Waals surface area contributed by atoms with E-state index in [1.165, 1.54) is 0 Å². The topological polar surface area (TPSA) is 60.2 Å². The van der Waals surface area contributed by atoms with E-state index in [4.69, 9.17) is 5.73 Å². The standard InChI is InChI=1S/C12H15NO2/c1-2-6-10(12(13)15)11(14)9-7-4-3-5-8-9/h3-5,7-8,10H,2,6H2,1H3,(H2,13,15)/t10-/m0/s1. The molecule has 2 N–H and O–H groups in total. The average molecular weight is 205 g/mol. The number of amides is 1. The molecule has 80 valence electrons. The fourth-order valence-electron chi connectivity index (χ4n) is 1.49. The number of Topliss-reactive ketones (excluding diaryl/α,β-unsaturated/α-hetero) is 1. The van der Waals surface area contributed by atoms with E-state index in [0.717, 1.165) is 6.42 Å². The van der Waals surface area contributed by atoms with Gasteiger partial charge in [0.1, 0.15) is 5.92 Å². The van der Waals surface area contributed by atoms with Gasteiger partial charge in [-0.1, -0.05) is 43.7 Å². The van der Waals surface area contributed by atoms with Gasteiger partial charge in [0.2, 0.25) is 5.91 Å². The lowest BCUT2D eigenvalue weighted by Gasteiger charge is -2.10. The van der Waals surface area contributed by atoms with Gasteiger partial charge < -0.3 is 5.73 Å². The maximum Gasteiger partial charge on any atom is 0.228 e. The second kappa shape index (κ2) is 5.29. The highest BCUT2D eigenvalue weighted by Gasteiger charge is 2.23. The second-order valence-corrected chi connectivity index (χ2v) is 3.47. The summed E-state index contributed by atoms with van der Waals surface area (Å²) in [5, 5.41) is 0. The lowest BCUT2D eigenvalue weighted by atomic mass is 9.93. The van der Waals surface area contributed by atoms with Crippen LogP contribution in [-0.2, 0) is 4.79 Å². The van der Waals surface area contributed by atoms with Gasteiger partial charge in [-0.05, 0) is 6.42 Å². The molecule has 3 heteroatoms. The molecule has 0 aromatic heterocycles. The number of benzene rings is 1. The van der Waals surface area contributed by atoms with E-state index >= 15 is 0 Å². The first kappa shape index (κ1) is 11.4. The highest BCUT2D eigenvalue weighted by atomic mass is 16.2. The fraction of sp³-hybridized carbons (Fsp3) is 0.333. The van der Waals surface area contributed by atoms with Crippen LogP contribution < -0.4 is 5.73 Å². The number of nitrogens with two attached hydrogens (primary N) is 1. The Morgan fingerprint density at radius 2 is 1.87 bits per heavy atom. The van der Waals surface area contributed by atoms with Crippen molar-refractivity contribution in [2.45, 2.75) is 19.8 Å². The summed E-state index contributed by atoms with van der Waals surface area (Å²) in [4.78, 5) is 23.0. The molecule has 1 aromatic carbocycles. The van der Waals surface area contributed by atoms with Gasteiger partial charge in [-0.25, -0.2) is 0 Å². The van der Waals surface area contributed by atoms with Gasteiger partial charge in [-0.3, -0.25) is 9.59 Å². The van der Waals surface area contributed by atoms with Crippen molar-refractivity contribution in [1.82, 2.24) is 0 Å². The third-order valence-corrected chi connectivity index (χ3v) is 2.30. The van der Waals surface area contributed by atoms with Crippen LogP contribution in [0.5, 0.6) is 0 Å². The Balaban J connectivity index is 2.86. The molecule has 15 heavy (non-hydrogen) atoms. The molecule has 3 nitrogen and oxygen atoms in total. The van der Waals surface area contributed by atoms with E-state index in [1.807, 2.05) is 13.0 Å². The Bertz CT molecular complexity index is 346. The van der Waals surface area contributed by atoms with Crippen molar-refractivity contribution in [2.75, 3.05) is 0 Å². The first-order valence-corrected chi connectivity index (χ1v) is 5.05. The molecule has 1 rings (SSSR count). The molecule has 0 radical (unpaired) electrons. The van der Waals surface area contributed by atoms with Crippen molar-refractivity contribution in [3.8, 4) is 0 Å². The quantitative estimate of drug-likeness (QED) is 0.588. The molecule has 0 aliphatic carbocycles. The number of hydrogen-bond donors (Lipinski definition) is 1. The van der Waals surface area contributed by atoms with Crippen LogP contribution in [0.4, 0.5) is 0 Å². The predicted molar refractivity (Wildman–Crippen MR) is 58.4 cm³/mol. The number of rotatable bonds is 5. The smallest absolute Gasteiger partial charge is 0.228 e. The van der Waals surface area contributed by atoms with Crippen molar-refractivity contribution >= 4 is 11.7 Å². The monoisotopic (exact) mass is 205 g/mol. The van der Waals surface area contributed by atoms with Crippen LogP contribution in [0.2, 0.25) is 0 Å². The van der Waals surface area contributed by atoms with E-state index in [9.17, 15) is 9.59 Å². The summed E-state index contributed by atoms with van der Waals surface area (Å²) in [6.07, 6.45) is 1.29. The van der Waals surface area contributed by atoms with Crippen LogP contribution in [-0.4, -0.2) is 11.7 Å². The number of hydrogen-bond acceptors (Lipinski definition) is 2. The van der Waals surface area contributed by atoms with E-state index < -0.39 is 11.8 Å². The molecule has 0 saturated carbocycles. The van der Waals surface area contributed by atoms with Crippen molar-refractivity contribution in [2.24, 2.45) is 11.7 Å². The summed E-state index contributed by atoms with van der Waals surface area (Å²) >= 11 is 0. The van der Waals surface area contributed by atoms with Crippen molar-refractivity contribution in [3.63, 3.8) is 0 Å². The van der Waals surface area contributed by atoms with Gasteiger partial charge in [-0.2, -0.15) is 0 Å². The molecule has 1 aromatic rings. The van der Waals surface area contributed by atoms with E-state index in [0.29, 0.717) is 12.0 Å². The summed E-state index contributed by atoms with van der Waals surface area (Å²) in [5.41, 5.74) is 5.75. The van der Waals surface area contributed by atoms with Gasteiger partial charge >= 0.3 is 0 Å². The average Bonchev–Trinajstić information content (AvgIpc) is 2.26. The van der Waals surface area contributed by atoms with Crippen molar-refractivity contribution in [1.29, 1.82) is 0 Å². The highest BCUT2D eigenvalue weighted by Crippen LogP contribution is 2.13. The van der Waals surface area contributed by atoms with Crippen LogP contribution in [0.25, 0.3) is 0 Å². The molecule has 1 atom stereocenters. The molecule has 0 aliphatic rings. The number of ketones is 1. The Kier molecular flexibility index (Phi) is 4.03. The summed E-state index contributed by atoms with van der Waals surface area (Å²) < 4.78 is 0. The number of primary amides is 1. The molecular weight excluding hydrogens is 190 g/mol. The molecule has 0 spiro atoms. The highest BCUT2D eigenvalue weighted by molar-refractivity contribution is 6.09. The zero-order valence-corrected chi connectivity index (χ0v) is 8.77. The fourth-order valence-corrected chi connectivity index (χ4v) is 1.49. The first-order valence-electron chi connectivity index (χ1n) is 5.05. The zero-order valence-electron chi connectivity index (χ0n) is 8.77. The van der Waals surface area contributed by atoms with Gasteiger partial charge in [0, 0.05) is 5.56 Å². The Hall–Kier alpha value is -1.64. The number of carbonyl (C=O) groups excluding carboxylic acids is 2. The third kappa shape index (κ3) is 2.91. The SMILES string of the molecule is CCC[C@H](C(N)=O)C(=O)c1ccccc1. The van der Waals surface area contributed by atoms with Crippen LogP contribution >= 0.6 is 0 Å². The van der Waals surface area contributed by atoms with E-state index in [2.05, 4.69) is 0 Å².